The minimum atomic E-state index is -3.49. The Labute approximate surface area is 118 Å². The molecule has 0 aliphatic heterocycles. The van der Waals surface area contributed by atoms with Crippen molar-refractivity contribution in [3.8, 4) is 0 Å². The molecule has 1 atom stereocenters. The van der Waals surface area contributed by atoms with Crippen molar-refractivity contribution < 1.29 is 12.8 Å². The van der Waals surface area contributed by atoms with Crippen molar-refractivity contribution in [3.05, 3.63) is 48.0 Å². The number of nitrogens with zero attached hydrogens (tertiary/aromatic N) is 2. The normalized spacial score (nSPS) is 13.3. The van der Waals surface area contributed by atoms with Gasteiger partial charge in [-0.1, -0.05) is 6.92 Å². The average molecular weight is 296 g/mol. The molecule has 1 heterocycles. The fourth-order valence-electron chi connectivity index (χ4n) is 1.81. The molecule has 1 unspecified atom stereocenters. The first-order chi connectivity index (χ1) is 9.42. The van der Waals surface area contributed by atoms with E-state index >= 15 is 0 Å². The highest BCUT2D eigenvalue weighted by molar-refractivity contribution is 7.90. The third-order valence-electron chi connectivity index (χ3n) is 3.22. The van der Waals surface area contributed by atoms with Gasteiger partial charge in [-0.25, -0.2) is 12.8 Å². The summed E-state index contributed by atoms with van der Waals surface area (Å²) in [6.07, 6.45) is 2.70. The maximum Gasteiger partial charge on any atom is 0.184 e. The van der Waals surface area contributed by atoms with Gasteiger partial charge in [-0.15, -0.1) is 0 Å². The molecule has 1 aromatic carbocycles. The van der Waals surface area contributed by atoms with Gasteiger partial charge in [0.05, 0.1) is 16.3 Å². The predicted octanol–water partition coefficient (Wildman–Crippen LogP) is 2.97. The quantitative estimate of drug-likeness (QED) is 0.797. The fourth-order valence-corrected chi connectivity index (χ4v) is 3.07. The van der Waals surface area contributed by atoms with E-state index < -0.39 is 15.7 Å². The largest absolute Gasteiger partial charge is 0.270 e. The number of hydrogen-bond donors (Lipinski definition) is 0. The van der Waals surface area contributed by atoms with E-state index in [2.05, 4.69) is 5.10 Å². The summed E-state index contributed by atoms with van der Waals surface area (Å²) in [7, 11) is -3.49. The molecular formula is C14H17FN2O2S. The molecule has 20 heavy (non-hydrogen) atoms. The van der Waals surface area contributed by atoms with Crippen LogP contribution in [0.2, 0.25) is 0 Å². The van der Waals surface area contributed by atoms with Gasteiger partial charge in [0, 0.05) is 12.2 Å². The number of aromatic nitrogens is 2. The lowest BCUT2D eigenvalue weighted by molar-refractivity contribution is 0.475. The number of benzene rings is 1. The first kappa shape index (κ1) is 14.7. The van der Waals surface area contributed by atoms with Gasteiger partial charge in [0.2, 0.25) is 0 Å². The van der Waals surface area contributed by atoms with E-state index in [1.54, 1.807) is 16.9 Å². The van der Waals surface area contributed by atoms with Gasteiger partial charge in [0.1, 0.15) is 5.82 Å². The summed E-state index contributed by atoms with van der Waals surface area (Å²) in [5.74, 6) is -0.632. The second-order valence-electron chi connectivity index (χ2n) is 4.76. The summed E-state index contributed by atoms with van der Waals surface area (Å²) in [6.45, 7) is 4.06. The predicted molar refractivity (Wildman–Crippen MR) is 74.5 cm³/mol. The van der Waals surface area contributed by atoms with Gasteiger partial charge in [-0.3, -0.25) is 4.68 Å². The Bertz CT molecular complexity index is 677. The molecule has 0 N–H and O–H groups in total. The van der Waals surface area contributed by atoms with Crippen LogP contribution in [-0.2, 0) is 15.6 Å². The summed E-state index contributed by atoms with van der Waals surface area (Å²) in [6, 6.07) is 6.77. The van der Waals surface area contributed by atoms with E-state index in [0.717, 1.165) is 18.6 Å². The van der Waals surface area contributed by atoms with Gasteiger partial charge >= 0.3 is 0 Å². The van der Waals surface area contributed by atoms with Crippen molar-refractivity contribution in [2.75, 3.05) is 0 Å². The number of halogens is 1. The molecule has 0 saturated carbocycles. The van der Waals surface area contributed by atoms with Crippen LogP contribution in [0.5, 0.6) is 0 Å². The molecule has 108 valence electrons. The smallest absolute Gasteiger partial charge is 0.184 e. The standard InChI is InChI=1S/C14H17FN2O2S/c1-3-11(2)17-9-8-13(16-17)10-20(18,19)14-6-4-12(15)5-7-14/h4-9,11H,3,10H2,1-2H3. The molecule has 2 aromatic rings. The Kier molecular flexibility index (Phi) is 4.23. The molecule has 0 fully saturated rings. The van der Waals surface area contributed by atoms with Gasteiger partial charge in [0.15, 0.2) is 9.84 Å². The van der Waals surface area contributed by atoms with E-state index in [4.69, 9.17) is 0 Å². The number of sulfone groups is 1. The Morgan fingerprint density at radius 2 is 1.90 bits per heavy atom. The second kappa shape index (κ2) is 5.75. The van der Waals surface area contributed by atoms with Crippen molar-refractivity contribution in [2.24, 2.45) is 0 Å². The molecule has 6 heteroatoms. The Hall–Kier alpha value is -1.69. The summed E-state index contributed by atoms with van der Waals surface area (Å²) in [5, 5.41) is 4.27. The van der Waals surface area contributed by atoms with Crippen LogP contribution in [0.4, 0.5) is 4.39 Å². The topological polar surface area (TPSA) is 52.0 Å². The van der Waals surface area contributed by atoms with Crippen molar-refractivity contribution in [1.29, 1.82) is 0 Å². The van der Waals surface area contributed by atoms with Gasteiger partial charge in [-0.2, -0.15) is 5.10 Å². The molecule has 0 radical (unpaired) electrons. The number of rotatable bonds is 5. The monoisotopic (exact) mass is 296 g/mol. The number of hydrogen-bond acceptors (Lipinski definition) is 3. The van der Waals surface area contributed by atoms with Crippen LogP contribution in [0.15, 0.2) is 41.4 Å². The molecule has 0 amide bonds. The maximum absolute atomic E-state index is 12.8. The summed E-state index contributed by atoms with van der Waals surface area (Å²) >= 11 is 0. The van der Waals surface area contributed by atoms with Crippen LogP contribution in [0.1, 0.15) is 32.0 Å². The Morgan fingerprint density at radius 3 is 2.50 bits per heavy atom. The molecule has 2 rings (SSSR count). The third kappa shape index (κ3) is 3.25. The van der Waals surface area contributed by atoms with Crippen molar-refractivity contribution in [2.45, 2.75) is 37.0 Å². The van der Waals surface area contributed by atoms with Crippen LogP contribution in [-0.4, -0.2) is 18.2 Å². The van der Waals surface area contributed by atoms with Gasteiger partial charge in [0.25, 0.3) is 0 Å². The fraction of sp³-hybridized carbons (Fsp3) is 0.357. The molecule has 0 bridgehead atoms. The highest BCUT2D eigenvalue weighted by atomic mass is 32.2. The van der Waals surface area contributed by atoms with E-state index in [1.165, 1.54) is 12.1 Å². The van der Waals surface area contributed by atoms with Crippen LogP contribution in [0.3, 0.4) is 0 Å². The highest BCUT2D eigenvalue weighted by Crippen LogP contribution is 2.17. The van der Waals surface area contributed by atoms with E-state index in [-0.39, 0.29) is 16.7 Å². The summed E-state index contributed by atoms with van der Waals surface area (Å²) < 4.78 is 39.0. The van der Waals surface area contributed by atoms with E-state index in [9.17, 15) is 12.8 Å². The molecule has 0 saturated heterocycles. The molecule has 0 spiro atoms. The van der Waals surface area contributed by atoms with Crippen LogP contribution >= 0.6 is 0 Å². The Balaban J connectivity index is 2.20. The molecular weight excluding hydrogens is 279 g/mol. The van der Waals surface area contributed by atoms with Crippen molar-refractivity contribution in [1.82, 2.24) is 9.78 Å². The zero-order valence-electron chi connectivity index (χ0n) is 11.5. The van der Waals surface area contributed by atoms with Crippen LogP contribution < -0.4 is 0 Å². The lowest BCUT2D eigenvalue weighted by Crippen LogP contribution is -2.08. The molecule has 0 aliphatic rings. The summed E-state index contributed by atoms with van der Waals surface area (Å²) in [4.78, 5) is 0.108. The molecule has 4 nitrogen and oxygen atoms in total. The Morgan fingerprint density at radius 1 is 1.25 bits per heavy atom. The first-order valence-corrected chi connectivity index (χ1v) is 8.10. The van der Waals surface area contributed by atoms with Crippen molar-refractivity contribution >= 4 is 9.84 Å². The average Bonchev–Trinajstić information content (AvgIpc) is 2.86. The summed E-state index contributed by atoms with van der Waals surface area (Å²) in [5.41, 5.74) is 0.495. The highest BCUT2D eigenvalue weighted by Gasteiger charge is 2.17. The van der Waals surface area contributed by atoms with E-state index in [1.807, 2.05) is 13.8 Å². The van der Waals surface area contributed by atoms with Crippen LogP contribution in [0, 0.1) is 5.82 Å². The lowest BCUT2D eigenvalue weighted by atomic mass is 10.3. The van der Waals surface area contributed by atoms with Crippen molar-refractivity contribution in [3.63, 3.8) is 0 Å². The SMILES string of the molecule is CCC(C)n1ccc(CS(=O)(=O)c2ccc(F)cc2)n1. The zero-order chi connectivity index (χ0) is 14.8. The maximum atomic E-state index is 12.8. The third-order valence-corrected chi connectivity index (χ3v) is 4.88. The molecule has 1 aromatic heterocycles. The first-order valence-electron chi connectivity index (χ1n) is 6.44. The van der Waals surface area contributed by atoms with E-state index in [0.29, 0.717) is 5.69 Å². The zero-order valence-corrected chi connectivity index (χ0v) is 12.3. The second-order valence-corrected chi connectivity index (χ2v) is 6.75. The minimum absolute atomic E-state index is 0.108. The van der Waals surface area contributed by atoms with Crippen LogP contribution in [0.25, 0.3) is 0 Å². The van der Waals surface area contributed by atoms with Gasteiger partial charge < -0.3 is 0 Å². The minimum Gasteiger partial charge on any atom is -0.270 e. The van der Waals surface area contributed by atoms with Gasteiger partial charge in [-0.05, 0) is 43.7 Å². The lowest BCUT2D eigenvalue weighted by Gasteiger charge is -2.08. The molecule has 0 aliphatic carbocycles.